The van der Waals surface area contributed by atoms with E-state index >= 15 is 0 Å². The molecule has 1 fully saturated rings. The molecule has 0 spiro atoms. The maximum atomic E-state index is 12.9. The van der Waals surface area contributed by atoms with Gasteiger partial charge in [-0.2, -0.15) is 5.10 Å². The molecule has 3 rings (SSSR count). The average Bonchev–Trinajstić information content (AvgIpc) is 2.99. The van der Waals surface area contributed by atoms with Crippen molar-refractivity contribution in [3.05, 3.63) is 29.5 Å². The van der Waals surface area contributed by atoms with Crippen LogP contribution in [0.5, 0.6) is 0 Å². The number of nitrogens with zero attached hydrogens (tertiary/aromatic N) is 2. The fraction of sp³-hybridized carbons (Fsp3) is 0.438. The van der Waals surface area contributed by atoms with Crippen LogP contribution in [0.25, 0.3) is 10.9 Å². The molecule has 1 aromatic carbocycles. The number of amides is 1. The number of piperidine rings is 1. The van der Waals surface area contributed by atoms with Crippen LogP contribution in [0.15, 0.2) is 18.3 Å². The van der Waals surface area contributed by atoms with E-state index in [-0.39, 0.29) is 11.9 Å². The van der Waals surface area contributed by atoms with E-state index in [1.54, 1.807) is 11.1 Å². The summed E-state index contributed by atoms with van der Waals surface area (Å²) in [5.41, 5.74) is 2.31. The number of hydrogen-bond donors (Lipinski definition) is 1. The van der Waals surface area contributed by atoms with Crippen molar-refractivity contribution in [2.24, 2.45) is 0 Å². The topological polar surface area (TPSA) is 75.3 Å². The zero-order valence-corrected chi connectivity index (χ0v) is 12.8. The summed E-state index contributed by atoms with van der Waals surface area (Å²) < 4.78 is 4.85. The van der Waals surface area contributed by atoms with Gasteiger partial charge in [-0.05, 0) is 43.9 Å². The molecule has 0 bridgehead atoms. The minimum atomic E-state index is -0.483. The summed E-state index contributed by atoms with van der Waals surface area (Å²) in [6, 6.07) is 3.26. The number of aromatic amines is 1. The number of carbonyl (C=O) groups excluding carboxylic acids is 2. The fourth-order valence-corrected chi connectivity index (χ4v) is 3.05. The third-order valence-electron chi connectivity index (χ3n) is 4.25. The molecular weight excluding hydrogens is 282 g/mol. The molecule has 0 aliphatic carbocycles. The second-order valence-corrected chi connectivity index (χ2v) is 5.66. The van der Waals surface area contributed by atoms with Crippen molar-refractivity contribution in [3.8, 4) is 0 Å². The van der Waals surface area contributed by atoms with Crippen LogP contribution in [0.1, 0.15) is 35.2 Å². The van der Waals surface area contributed by atoms with E-state index in [2.05, 4.69) is 10.2 Å². The number of rotatable bonds is 2. The summed E-state index contributed by atoms with van der Waals surface area (Å²) in [6.45, 7) is 2.48. The number of fused-ring (bicyclic) bond motifs is 1. The SMILES string of the molecule is COC(=O)[C@H]1CCCCN1C(=O)c1cc2[nH]ncc2cc1C. The lowest BCUT2D eigenvalue weighted by molar-refractivity contribution is -0.147. The molecule has 0 saturated carbocycles. The van der Waals surface area contributed by atoms with Crippen LogP contribution in [-0.4, -0.2) is 46.7 Å². The molecule has 0 unspecified atom stereocenters. The number of esters is 1. The second kappa shape index (κ2) is 5.79. The van der Waals surface area contributed by atoms with Gasteiger partial charge in [0.05, 0.1) is 18.8 Å². The van der Waals surface area contributed by atoms with Crippen molar-refractivity contribution < 1.29 is 14.3 Å². The molecule has 1 aromatic heterocycles. The lowest BCUT2D eigenvalue weighted by Crippen LogP contribution is -2.48. The van der Waals surface area contributed by atoms with Gasteiger partial charge < -0.3 is 9.64 Å². The average molecular weight is 301 g/mol. The third kappa shape index (κ3) is 2.45. The van der Waals surface area contributed by atoms with E-state index in [4.69, 9.17) is 4.74 Å². The van der Waals surface area contributed by atoms with Crippen molar-refractivity contribution in [2.45, 2.75) is 32.2 Å². The largest absolute Gasteiger partial charge is 0.467 e. The van der Waals surface area contributed by atoms with E-state index in [0.29, 0.717) is 18.5 Å². The number of carbonyl (C=O) groups is 2. The van der Waals surface area contributed by atoms with Gasteiger partial charge in [-0.15, -0.1) is 0 Å². The van der Waals surface area contributed by atoms with Crippen LogP contribution in [-0.2, 0) is 9.53 Å². The molecule has 6 heteroatoms. The number of likely N-dealkylation sites (tertiary alicyclic amines) is 1. The van der Waals surface area contributed by atoms with Crippen LogP contribution in [0.2, 0.25) is 0 Å². The van der Waals surface area contributed by atoms with Crippen molar-refractivity contribution in [2.75, 3.05) is 13.7 Å². The van der Waals surface area contributed by atoms with E-state index in [9.17, 15) is 9.59 Å². The molecule has 1 atom stereocenters. The Bertz CT molecular complexity index is 722. The lowest BCUT2D eigenvalue weighted by atomic mass is 9.99. The Morgan fingerprint density at radius 1 is 1.36 bits per heavy atom. The Hall–Kier alpha value is -2.37. The smallest absolute Gasteiger partial charge is 0.328 e. The van der Waals surface area contributed by atoms with Crippen molar-refractivity contribution >= 4 is 22.8 Å². The molecule has 1 amide bonds. The summed E-state index contributed by atoms with van der Waals surface area (Å²) in [5.74, 6) is -0.461. The molecule has 0 radical (unpaired) electrons. The maximum Gasteiger partial charge on any atom is 0.328 e. The van der Waals surface area contributed by atoms with Crippen molar-refractivity contribution in [3.63, 3.8) is 0 Å². The van der Waals surface area contributed by atoms with Gasteiger partial charge in [-0.1, -0.05) is 0 Å². The fourth-order valence-electron chi connectivity index (χ4n) is 3.05. The highest BCUT2D eigenvalue weighted by atomic mass is 16.5. The number of hydrogen-bond acceptors (Lipinski definition) is 4. The first kappa shape index (κ1) is 14.6. The quantitative estimate of drug-likeness (QED) is 0.861. The highest BCUT2D eigenvalue weighted by molar-refractivity contribution is 6.01. The molecule has 6 nitrogen and oxygen atoms in total. The zero-order valence-electron chi connectivity index (χ0n) is 12.8. The highest BCUT2D eigenvalue weighted by Crippen LogP contribution is 2.24. The van der Waals surface area contributed by atoms with Crippen LogP contribution in [0.4, 0.5) is 0 Å². The molecule has 1 aliphatic heterocycles. The van der Waals surface area contributed by atoms with Gasteiger partial charge in [0.25, 0.3) is 5.91 Å². The summed E-state index contributed by atoms with van der Waals surface area (Å²) in [4.78, 5) is 26.5. The van der Waals surface area contributed by atoms with Gasteiger partial charge in [-0.3, -0.25) is 9.89 Å². The minimum Gasteiger partial charge on any atom is -0.467 e. The number of ether oxygens (including phenoxy) is 1. The summed E-state index contributed by atoms with van der Waals surface area (Å²) >= 11 is 0. The summed E-state index contributed by atoms with van der Waals surface area (Å²) in [5, 5.41) is 7.84. The first-order valence-corrected chi connectivity index (χ1v) is 7.44. The van der Waals surface area contributed by atoms with Gasteiger partial charge in [0.1, 0.15) is 6.04 Å². The van der Waals surface area contributed by atoms with Crippen molar-refractivity contribution in [1.82, 2.24) is 15.1 Å². The van der Waals surface area contributed by atoms with E-state index < -0.39 is 6.04 Å². The van der Waals surface area contributed by atoms with E-state index in [0.717, 1.165) is 29.3 Å². The van der Waals surface area contributed by atoms with Gasteiger partial charge in [-0.25, -0.2) is 4.79 Å². The van der Waals surface area contributed by atoms with Crippen LogP contribution in [0, 0.1) is 6.92 Å². The Morgan fingerprint density at radius 2 is 2.18 bits per heavy atom. The molecule has 1 aliphatic rings. The predicted octanol–water partition coefficient (Wildman–Crippen LogP) is 2.04. The summed E-state index contributed by atoms with van der Waals surface area (Å²) in [7, 11) is 1.36. The first-order chi connectivity index (χ1) is 10.6. The lowest BCUT2D eigenvalue weighted by Gasteiger charge is -2.34. The van der Waals surface area contributed by atoms with Crippen LogP contribution in [0.3, 0.4) is 0 Å². The van der Waals surface area contributed by atoms with Crippen LogP contribution >= 0.6 is 0 Å². The Balaban J connectivity index is 1.96. The molecule has 22 heavy (non-hydrogen) atoms. The molecule has 1 saturated heterocycles. The van der Waals surface area contributed by atoms with Crippen molar-refractivity contribution in [1.29, 1.82) is 0 Å². The summed E-state index contributed by atoms with van der Waals surface area (Å²) in [6.07, 6.45) is 4.23. The monoisotopic (exact) mass is 301 g/mol. The minimum absolute atomic E-state index is 0.121. The van der Waals surface area contributed by atoms with E-state index in [1.807, 2.05) is 19.1 Å². The number of aryl methyl sites for hydroxylation is 1. The van der Waals surface area contributed by atoms with Gasteiger partial charge in [0, 0.05) is 17.5 Å². The zero-order chi connectivity index (χ0) is 15.7. The molecule has 2 aromatic rings. The third-order valence-corrected chi connectivity index (χ3v) is 4.25. The first-order valence-electron chi connectivity index (χ1n) is 7.44. The van der Waals surface area contributed by atoms with Gasteiger partial charge in [0.15, 0.2) is 0 Å². The number of H-pyrrole nitrogens is 1. The molecule has 2 heterocycles. The Morgan fingerprint density at radius 3 is 2.95 bits per heavy atom. The maximum absolute atomic E-state index is 12.9. The van der Waals surface area contributed by atoms with E-state index in [1.165, 1.54) is 7.11 Å². The molecular formula is C16H19N3O3. The predicted molar refractivity (Wildman–Crippen MR) is 81.5 cm³/mol. The number of methoxy groups -OCH3 is 1. The standard InChI is InChI=1S/C16H19N3O3/c1-10-7-11-9-17-18-13(11)8-12(10)15(20)19-6-4-3-5-14(19)16(21)22-2/h7-9,14H,3-6H2,1-2H3,(H,17,18)/t14-/m1/s1. The Labute approximate surface area is 128 Å². The number of nitrogens with one attached hydrogen (secondary N) is 1. The second-order valence-electron chi connectivity index (χ2n) is 5.66. The van der Waals surface area contributed by atoms with Crippen LogP contribution < -0.4 is 0 Å². The van der Waals surface area contributed by atoms with Gasteiger partial charge >= 0.3 is 5.97 Å². The normalized spacial score (nSPS) is 18.5. The Kier molecular flexibility index (Phi) is 3.83. The molecule has 116 valence electrons. The van der Waals surface area contributed by atoms with Gasteiger partial charge in [0.2, 0.25) is 0 Å². The highest BCUT2D eigenvalue weighted by Gasteiger charge is 2.33. The number of benzene rings is 1. The number of aromatic nitrogens is 2. The molecule has 1 N–H and O–H groups in total.